The maximum absolute atomic E-state index is 13.1. The van der Waals surface area contributed by atoms with Crippen molar-refractivity contribution in [3.8, 4) is 11.4 Å². The van der Waals surface area contributed by atoms with Crippen LogP contribution in [0.4, 0.5) is 0 Å². The lowest BCUT2D eigenvalue weighted by atomic mass is 9.89. The average Bonchev–Trinajstić information content (AvgIpc) is 3.41. The summed E-state index contributed by atoms with van der Waals surface area (Å²) in [7, 11) is -3.65. The van der Waals surface area contributed by atoms with Crippen molar-refractivity contribution >= 4 is 37.2 Å². The number of ether oxygens (including phenoxy) is 1. The van der Waals surface area contributed by atoms with Gasteiger partial charge in [-0.25, -0.2) is 18.2 Å². The number of benzene rings is 1. The number of aromatic amines is 1. The lowest BCUT2D eigenvalue weighted by Gasteiger charge is -2.26. The molecule has 1 aliphatic heterocycles. The van der Waals surface area contributed by atoms with Gasteiger partial charge in [-0.05, 0) is 42.9 Å². The van der Waals surface area contributed by atoms with Crippen LogP contribution in [0.3, 0.4) is 0 Å². The molecule has 11 heteroatoms. The molecule has 172 valence electrons. The zero-order chi connectivity index (χ0) is 22.7. The van der Waals surface area contributed by atoms with Gasteiger partial charge in [0.1, 0.15) is 4.83 Å². The summed E-state index contributed by atoms with van der Waals surface area (Å²) < 4.78 is 34.2. The van der Waals surface area contributed by atoms with Gasteiger partial charge in [0.15, 0.2) is 11.5 Å². The minimum Gasteiger partial charge on any atom is -0.379 e. The molecular weight excluding hydrogens is 462 g/mol. The van der Waals surface area contributed by atoms with E-state index in [9.17, 15) is 13.2 Å². The Morgan fingerprint density at radius 2 is 2.06 bits per heavy atom. The highest BCUT2D eigenvalue weighted by molar-refractivity contribution is 7.89. The Morgan fingerprint density at radius 1 is 1.24 bits per heavy atom. The average molecular weight is 486 g/mol. The van der Waals surface area contributed by atoms with Crippen LogP contribution in [0.5, 0.6) is 0 Å². The van der Waals surface area contributed by atoms with E-state index < -0.39 is 10.0 Å². The van der Waals surface area contributed by atoms with Crippen LogP contribution in [-0.2, 0) is 27.6 Å². The largest absolute Gasteiger partial charge is 0.379 e. The van der Waals surface area contributed by atoms with Gasteiger partial charge in [0.2, 0.25) is 10.0 Å². The number of hydrogen-bond donors (Lipinski definition) is 1. The summed E-state index contributed by atoms with van der Waals surface area (Å²) in [5.74, 6) is 0.953. The fourth-order valence-corrected chi connectivity index (χ4v) is 7.55. The summed E-state index contributed by atoms with van der Waals surface area (Å²) in [5.41, 5.74) is 1.98. The highest BCUT2D eigenvalue weighted by Crippen LogP contribution is 2.38. The molecule has 4 heterocycles. The summed E-state index contributed by atoms with van der Waals surface area (Å²) >= 11 is 1.63. The van der Waals surface area contributed by atoms with Gasteiger partial charge < -0.3 is 4.74 Å². The molecule has 1 aromatic carbocycles. The smallest absolute Gasteiger partial charge is 0.349 e. The van der Waals surface area contributed by atoms with Gasteiger partial charge in [-0.3, -0.25) is 4.98 Å². The molecule has 0 unspecified atom stereocenters. The van der Waals surface area contributed by atoms with Crippen molar-refractivity contribution in [1.29, 1.82) is 0 Å². The number of fused-ring (bicyclic) bond motifs is 5. The molecule has 0 radical (unpaired) electrons. The van der Waals surface area contributed by atoms with Crippen LogP contribution >= 0.6 is 11.3 Å². The summed E-state index contributed by atoms with van der Waals surface area (Å²) in [6.45, 7) is 3.67. The summed E-state index contributed by atoms with van der Waals surface area (Å²) in [6.07, 6.45) is 3.06. The van der Waals surface area contributed by atoms with Crippen molar-refractivity contribution in [1.82, 2.24) is 23.9 Å². The predicted octanol–water partition coefficient (Wildman–Crippen LogP) is 2.45. The number of aromatic nitrogens is 4. The van der Waals surface area contributed by atoms with Crippen molar-refractivity contribution in [2.75, 3.05) is 26.3 Å². The molecule has 6 rings (SSSR count). The Kier molecular flexibility index (Phi) is 4.91. The fourth-order valence-electron chi connectivity index (χ4n) is 4.69. The number of morpholine rings is 1. The molecule has 0 bridgehead atoms. The van der Waals surface area contributed by atoms with Crippen molar-refractivity contribution in [2.24, 2.45) is 5.92 Å². The highest BCUT2D eigenvalue weighted by atomic mass is 32.2. The number of sulfonamides is 1. The number of hydrogen-bond acceptors (Lipinski definition) is 7. The van der Waals surface area contributed by atoms with Crippen molar-refractivity contribution in [2.45, 2.75) is 31.1 Å². The predicted molar refractivity (Wildman–Crippen MR) is 125 cm³/mol. The third-order valence-electron chi connectivity index (χ3n) is 6.46. The summed E-state index contributed by atoms with van der Waals surface area (Å²) in [6, 6.07) is 6.60. The third-order valence-corrected chi connectivity index (χ3v) is 9.52. The van der Waals surface area contributed by atoms with Crippen LogP contribution in [0.25, 0.3) is 27.3 Å². The number of H-pyrrole nitrogens is 1. The first-order valence-corrected chi connectivity index (χ1v) is 13.3. The van der Waals surface area contributed by atoms with Crippen molar-refractivity contribution in [3.63, 3.8) is 0 Å². The lowest BCUT2D eigenvalue weighted by Crippen LogP contribution is -2.40. The van der Waals surface area contributed by atoms with E-state index >= 15 is 0 Å². The van der Waals surface area contributed by atoms with Crippen LogP contribution in [-0.4, -0.2) is 58.6 Å². The maximum Gasteiger partial charge on any atom is 0.349 e. The van der Waals surface area contributed by atoms with Gasteiger partial charge in [-0.2, -0.15) is 8.82 Å². The third kappa shape index (κ3) is 3.41. The fraction of sp³-hybridized carbons (Fsp3) is 0.409. The molecule has 1 N–H and O–H groups in total. The van der Waals surface area contributed by atoms with Gasteiger partial charge in [-0.15, -0.1) is 16.4 Å². The summed E-state index contributed by atoms with van der Waals surface area (Å²) in [5, 5.41) is 5.41. The molecule has 2 aliphatic rings. The SMILES string of the molecule is C[C@H]1CCc2c(sc3[nH]c(=O)n4nc(-c5cccc(S(=O)(=O)N6CCOCC6)c5)nc4c23)C1. The molecule has 1 saturated heterocycles. The van der Waals surface area contributed by atoms with E-state index in [2.05, 4.69) is 17.0 Å². The lowest BCUT2D eigenvalue weighted by molar-refractivity contribution is 0.0730. The van der Waals surface area contributed by atoms with Gasteiger partial charge in [-0.1, -0.05) is 19.1 Å². The van der Waals surface area contributed by atoms with Gasteiger partial charge >= 0.3 is 5.69 Å². The quantitative estimate of drug-likeness (QED) is 0.477. The van der Waals surface area contributed by atoms with Gasteiger partial charge in [0, 0.05) is 23.5 Å². The van der Waals surface area contributed by atoms with Crippen LogP contribution in [0.1, 0.15) is 23.8 Å². The minimum absolute atomic E-state index is 0.182. The molecule has 1 fully saturated rings. The first-order chi connectivity index (χ1) is 15.9. The zero-order valence-electron chi connectivity index (χ0n) is 18.1. The van der Waals surface area contributed by atoms with Crippen LogP contribution < -0.4 is 5.69 Å². The van der Waals surface area contributed by atoms with E-state index in [1.54, 1.807) is 35.6 Å². The second-order valence-electron chi connectivity index (χ2n) is 8.70. The molecule has 1 aliphatic carbocycles. The Balaban J connectivity index is 1.48. The zero-order valence-corrected chi connectivity index (χ0v) is 19.7. The van der Waals surface area contributed by atoms with Crippen LogP contribution in [0.15, 0.2) is 34.0 Å². The normalized spacial score (nSPS) is 19.8. The van der Waals surface area contributed by atoms with E-state index in [0.29, 0.717) is 49.3 Å². The van der Waals surface area contributed by atoms with Crippen LogP contribution in [0.2, 0.25) is 0 Å². The standard InChI is InChI=1S/C22H23N5O4S2/c1-13-5-6-16-17(11-13)32-21-18(16)20-23-19(25-27(20)22(28)24-21)14-3-2-4-15(12-14)33(29,30)26-7-9-31-10-8-26/h2-4,12-13H,5-11H2,1H3,(H,24,28)/t13-/m0/s1. The number of nitrogens with one attached hydrogen (secondary N) is 1. The number of thiophene rings is 1. The topological polar surface area (TPSA) is 110 Å². The highest BCUT2D eigenvalue weighted by Gasteiger charge is 2.28. The van der Waals surface area contributed by atoms with Crippen molar-refractivity contribution < 1.29 is 13.2 Å². The minimum atomic E-state index is -3.65. The number of rotatable bonds is 3. The molecule has 1 atom stereocenters. The van der Waals surface area contributed by atoms with Gasteiger partial charge in [0.25, 0.3) is 0 Å². The van der Waals surface area contributed by atoms with E-state index in [4.69, 9.17) is 9.72 Å². The second-order valence-corrected chi connectivity index (χ2v) is 11.7. The molecule has 4 aromatic rings. The van der Waals surface area contributed by atoms with Crippen LogP contribution in [0, 0.1) is 5.92 Å². The molecular formula is C22H23N5O4S2. The molecule has 3 aromatic heterocycles. The molecule has 0 amide bonds. The Morgan fingerprint density at radius 3 is 2.88 bits per heavy atom. The number of aryl methyl sites for hydroxylation is 1. The van der Waals surface area contributed by atoms with E-state index in [1.807, 2.05) is 0 Å². The monoisotopic (exact) mass is 485 g/mol. The Bertz CT molecular complexity index is 1550. The van der Waals surface area contributed by atoms with Crippen molar-refractivity contribution in [3.05, 3.63) is 45.2 Å². The molecule has 0 spiro atoms. The van der Waals surface area contributed by atoms with E-state index in [-0.39, 0.29) is 10.6 Å². The first kappa shape index (κ1) is 21.0. The van der Waals surface area contributed by atoms with E-state index in [0.717, 1.165) is 29.5 Å². The molecule has 9 nitrogen and oxygen atoms in total. The molecule has 0 saturated carbocycles. The van der Waals surface area contributed by atoms with Gasteiger partial charge in [0.05, 0.1) is 23.5 Å². The maximum atomic E-state index is 13.1. The van der Waals surface area contributed by atoms with E-state index in [1.165, 1.54) is 19.3 Å². The Labute approximate surface area is 194 Å². The Hall–Kier alpha value is -2.60. The second kappa shape index (κ2) is 7.73. The number of nitrogens with zero attached hydrogens (tertiary/aromatic N) is 4. The summed E-state index contributed by atoms with van der Waals surface area (Å²) in [4.78, 5) is 22.7. The first-order valence-electron chi connectivity index (χ1n) is 11.0. The molecule has 33 heavy (non-hydrogen) atoms.